The van der Waals surface area contributed by atoms with E-state index in [2.05, 4.69) is 0 Å². The molecule has 0 fully saturated rings. The smallest absolute Gasteiger partial charge is 0.375 e. The zero-order valence-corrected chi connectivity index (χ0v) is 16.3. The van der Waals surface area contributed by atoms with Crippen LogP contribution in [0.25, 0.3) is 5.57 Å². The lowest BCUT2D eigenvalue weighted by atomic mass is 9.88. The van der Waals surface area contributed by atoms with Crippen molar-refractivity contribution in [1.29, 1.82) is 0 Å². The molecule has 2 aromatic carbocycles. The fraction of sp³-hybridized carbons (Fsp3) is 0.250. The Balaban J connectivity index is 2.12. The first kappa shape index (κ1) is 20.0. The van der Waals surface area contributed by atoms with E-state index in [1.54, 1.807) is 19.1 Å². The molecule has 0 N–H and O–H groups in total. The van der Waals surface area contributed by atoms with Crippen LogP contribution in [0.3, 0.4) is 0 Å². The summed E-state index contributed by atoms with van der Waals surface area (Å²) in [6, 6.07) is 8.88. The van der Waals surface area contributed by atoms with E-state index in [4.69, 9.17) is 9.47 Å². The summed E-state index contributed by atoms with van der Waals surface area (Å²) >= 11 is 0. The summed E-state index contributed by atoms with van der Waals surface area (Å²) < 4.78 is 61.1. The van der Waals surface area contributed by atoms with Crippen molar-refractivity contribution in [3.05, 3.63) is 65.4 Å². The molecule has 1 aliphatic rings. The molecule has 1 heterocycles. The quantitative estimate of drug-likeness (QED) is 0.702. The number of cyclic esters (lactones) is 1. The first-order valence-electron chi connectivity index (χ1n) is 8.46. The summed E-state index contributed by atoms with van der Waals surface area (Å²) in [6.45, 7) is 3.52. The highest BCUT2D eigenvalue weighted by molar-refractivity contribution is 7.90. The lowest BCUT2D eigenvalue weighted by Crippen LogP contribution is -2.26. The van der Waals surface area contributed by atoms with E-state index in [9.17, 15) is 22.0 Å². The fourth-order valence-corrected chi connectivity index (χ4v) is 3.58. The van der Waals surface area contributed by atoms with Crippen molar-refractivity contribution in [2.24, 2.45) is 0 Å². The van der Waals surface area contributed by atoms with E-state index in [1.807, 2.05) is 6.92 Å². The number of rotatable bonds is 5. The van der Waals surface area contributed by atoms with Crippen LogP contribution in [0.5, 0.6) is 5.75 Å². The second-order valence-electron chi connectivity index (χ2n) is 6.65. The molecule has 1 aliphatic heterocycles. The minimum absolute atomic E-state index is 0.0588. The van der Waals surface area contributed by atoms with Gasteiger partial charge in [-0.25, -0.2) is 22.0 Å². The Morgan fingerprint density at radius 3 is 2.25 bits per heavy atom. The molecule has 8 heteroatoms. The summed E-state index contributed by atoms with van der Waals surface area (Å²) in [5.41, 5.74) is -0.0811. The highest BCUT2D eigenvalue weighted by Crippen LogP contribution is 2.42. The van der Waals surface area contributed by atoms with Crippen molar-refractivity contribution < 1.29 is 31.5 Å². The topological polar surface area (TPSA) is 69.7 Å². The average Bonchev–Trinajstić information content (AvgIpc) is 2.88. The molecule has 0 spiro atoms. The van der Waals surface area contributed by atoms with Gasteiger partial charge in [-0.05, 0) is 43.2 Å². The minimum atomic E-state index is -3.38. The number of benzene rings is 2. The molecule has 1 unspecified atom stereocenters. The Hall–Kier alpha value is -2.74. The molecular formula is C20H18F2O5S. The number of ether oxygens (including phenoxy) is 2. The first-order chi connectivity index (χ1) is 13.0. The Morgan fingerprint density at radius 1 is 1.07 bits per heavy atom. The molecule has 148 valence electrons. The Bertz CT molecular complexity index is 1070. The molecular weight excluding hydrogens is 390 g/mol. The predicted octanol–water partition coefficient (Wildman–Crippen LogP) is 3.88. The van der Waals surface area contributed by atoms with E-state index in [0.717, 1.165) is 18.4 Å². The van der Waals surface area contributed by atoms with Crippen LogP contribution in [0, 0.1) is 11.6 Å². The van der Waals surface area contributed by atoms with E-state index in [0.29, 0.717) is 17.6 Å². The molecule has 28 heavy (non-hydrogen) atoms. The van der Waals surface area contributed by atoms with Crippen LogP contribution in [0.15, 0.2) is 53.1 Å². The number of hydrogen-bond acceptors (Lipinski definition) is 5. The summed E-state index contributed by atoms with van der Waals surface area (Å²) in [6.07, 6.45) is 1.52. The van der Waals surface area contributed by atoms with Crippen LogP contribution in [0.4, 0.5) is 8.78 Å². The van der Waals surface area contributed by atoms with Crippen molar-refractivity contribution in [1.82, 2.24) is 0 Å². The average molecular weight is 408 g/mol. The van der Waals surface area contributed by atoms with Gasteiger partial charge in [-0.1, -0.05) is 19.1 Å². The number of carbonyl (C=O) groups is 1. The predicted molar refractivity (Wildman–Crippen MR) is 98.2 cm³/mol. The van der Waals surface area contributed by atoms with Crippen LogP contribution < -0.4 is 4.74 Å². The minimum Gasteiger partial charge on any atom is -0.449 e. The van der Waals surface area contributed by atoms with Crippen molar-refractivity contribution in [2.45, 2.75) is 30.8 Å². The molecule has 5 nitrogen and oxygen atoms in total. The van der Waals surface area contributed by atoms with Crippen LogP contribution >= 0.6 is 0 Å². The highest BCUT2D eigenvalue weighted by Gasteiger charge is 2.45. The lowest BCUT2D eigenvalue weighted by Gasteiger charge is -2.24. The zero-order valence-electron chi connectivity index (χ0n) is 15.5. The number of halogens is 2. The van der Waals surface area contributed by atoms with Crippen LogP contribution in [0.2, 0.25) is 0 Å². The van der Waals surface area contributed by atoms with Crippen LogP contribution in [0.1, 0.15) is 25.8 Å². The second kappa shape index (κ2) is 7.01. The monoisotopic (exact) mass is 408 g/mol. The Kier molecular flexibility index (Phi) is 5.01. The fourth-order valence-electron chi connectivity index (χ4n) is 2.95. The van der Waals surface area contributed by atoms with E-state index < -0.39 is 33.0 Å². The van der Waals surface area contributed by atoms with Crippen molar-refractivity contribution in [3.63, 3.8) is 0 Å². The third-order valence-electron chi connectivity index (χ3n) is 4.62. The molecule has 0 aliphatic carbocycles. The molecule has 1 atom stereocenters. The van der Waals surface area contributed by atoms with Gasteiger partial charge in [0, 0.05) is 12.3 Å². The Labute approximate surface area is 161 Å². The largest absolute Gasteiger partial charge is 0.449 e. The number of carbonyl (C=O) groups excluding carboxylic acids is 1. The molecule has 3 rings (SSSR count). The van der Waals surface area contributed by atoms with Gasteiger partial charge >= 0.3 is 5.97 Å². The molecule has 2 aromatic rings. The summed E-state index contributed by atoms with van der Waals surface area (Å²) in [7, 11) is -3.38. The molecule has 0 saturated heterocycles. The highest BCUT2D eigenvalue weighted by atomic mass is 32.2. The van der Waals surface area contributed by atoms with Gasteiger partial charge in [0.15, 0.2) is 21.5 Å². The van der Waals surface area contributed by atoms with Gasteiger partial charge in [-0.2, -0.15) is 0 Å². The molecule has 0 radical (unpaired) electrons. The van der Waals surface area contributed by atoms with Gasteiger partial charge in [0.1, 0.15) is 11.4 Å². The van der Waals surface area contributed by atoms with Crippen LogP contribution in [-0.4, -0.2) is 26.2 Å². The van der Waals surface area contributed by atoms with Gasteiger partial charge in [0.25, 0.3) is 0 Å². The van der Waals surface area contributed by atoms with Gasteiger partial charge in [0.05, 0.1) is 10.5 Å². The van der Waals surface area contributed by atoms with Gasteiger partial charge in [0.2, 0.25) is 5.76 Å². The Morgan fingerprint density at radius 2 is 1.71 bits per heavy atom. The maximum Gasteiger partial charge on any atom is 0.375 e. The third kappa shape index (κ3) is 3.64. The van der Waals surface area contributed by atoms with E-state index in [1.165, 1.54) is 18.2 Å². The summed E-state index contributed by atoms with van der Waals surface area (Å²) in [5, 5.41) is 0. The maximum atomic E-state index is 13.5. The van der Waals surface area contributed by atoms with Gasteiger partial charge < -0.3 is 9.47 Å². The summed E-state index contributed by atoms with van der Waals surface area (Å²) in [4.78, 5) is 12.6. The normalized spacial score (nSPS) is 19.7. The first-order valence-corrected chi connectivity index (χ1v) is 10.4. The van der Waals surface area contributed by atoms with Crippen LogP contribution in [-0.2, 0) is 19.4 Å². The van der Waals surface area contributed by atoms with Crippen molar-refractivity contribution in [3.8, 4) is 5.75 Å². The van der Waals surface area contributed by atoms with Gasteiger partial charge in [-0.15, -0.1) is 0 Å². The number of hydrogen-bond donors (Lipinski definition) is 0. The standard InChI is InChI=1S/C20H18F2O5S/c1-4-20(2)17(12-5-8-14(9-6-12)28(3,24)25)18(19(23)27-20)26-13-7-10-15(21)16(22)11-13/h5-11H,4H2,1-3H3. The lowest BCUT2D eigenvalue weighted by molar-refractivity contribution is -0.147. The number of sulfone groups is 1. The zero-order chi connectivity index (χ0) is 20.7. The second-order valence-corrected chi connectivity index (χ2v) is 8.67. The third-order valence-corrected chi connectivity index (χ3v) is 5.74. The van der Waals surface area contributed by atoms with E-state index in [-0.39, 0.29) is 16.4 Å². The SMILES string of the molecule is CCC1(C)OC(=O)C(Oc2ccc(F)c(F)c2)=C1c1ccc(S(C)(=O)=O)cc1. The maximum absolute atomic E-state index is 13.5. The summed E-state index contributed by atoms with van der Waals surface area (Å²) in [5.74, 6) is -3.10. The number of esters is 1. The van der Waals surface area contributed by atoms with Crippen molar-refractivity contribution in [2.75, 3.05) is 6.26 Å². The van der Waals surface area contributed by atoms with E-state index >= 15 is 0 Å². The van der Waals surface area contributed by atoms with Gasteiger partial charge in [-0.3, -0.25) is 0 Å². The van der Waals surface area contributed by atoms with Crippen molar-refractivity contribution >= 4 is 21.4 Å². The molecule has 0 bridgehead atoms. The molecule has 0 aromatic heterocycles. The molecule has 0 amide bonds. The molecule has 0 saturated carbocycles.